The molecule has 200 valence electrons. The summed E-state index contributed by atoms with van der Waals surface area (Å²) in [6, 6.07) is 2.08. The molecule has 0 amide bonds. The molecule has 5 rings (SSSR count). The maximum atomic E-state index is 14.6. The molecule has 0 saturated heterocycles. The van der Waals surface area contributed by atoms with Crippen LogP contribution in [-0.4, -0.2) is 24.6 Å². The Hall–Kier alpha value is -2.22. The van der Waals surface area contributed by atoms with Crippen LogP contribution in [0.15, 0.2) is 23.3 Å². The quantitative estimate of drug-likeness (QED) is 0.381. The van der Waals surface area contributed by atoms with Gasteiger partial charge in [0.15, 0.2) is 11.6 Å². The summed E-state index contributed by atoms with van der Waals surface area (Å²) in [5, 5.41) is 9.90. The molecule has 0 aromatic rings. The molecule has 5 aliphatic rings. The van der Waals surface area contributed by atoms with E-state index in [4.69, 9.17) is 11.6 Å². The van der Waals surface area contributed by atoms with Crippen molar-refractivity contribution in [3.63, 3.8) is 0 Å². The van der Waals surface area contributed by atoms with E-state index in [1.54, 1.807) is 26.0 Å². The van der Waals surface area contributed by atoms with Crippen LogP contribution in [0.3, 0.4) is 0 Å². The van der Waals surface area contributed by atoms with Crippen LogP contribution in [-0.2, 0) is 19.1 Å². The SMILES string of the molecule is [2H]C([2H])([2H])OC(=O)[C@@]12CC[C@]3(C)[C@H](C(=O)C=C4[C@@]5(C)C=C(C#N)C(=O)C(C)(C)[C@@H]5CC[C@]43C)[C@@H]1CC(C)(C)C([2H])([2H])C2([2H])[2H]. The molecule has 0 N–H and O–H groups in total. The molecule has 0 aromatic carbocycles. The second-order valence-electron chi connectivity index (χ2n) is 14.1. The highest BCUT2D eigenvalue weighted by molar-refractivity contribution is 6.04. The Bertz CT molecular complexity index is 1470. The van der Waals surface area contributed by atoms with Crippen LogP contribution >= 0.6 is 0 Å². The van der Waals surface area contributed by atoms with Gasteiger partial charge in [-0.15, -0.1) is 0 Å². The Morgan fingerprint density at radius 2 is 1.81 bits per heavy atom. The number of fused-ring (bicyclic) bond motifs is 7. The number of ether oxygens (including phenoxy) is 1. The van der Waals surface area contributed by atoms with Crippen molar-refractivity contribution in [1.29, 1.82) is 5.26 Å². The molecule has 0 aromatic heterocycles. The second kappa shape index (κ2) is 7.67. The number of methoxy groups -OCH3 is 1. The number of carbonyl (C=O) groups excluding carboxylic acids is 3. The molecule has 0 aliphatic heterocycles. The predicted molar refractivity (Wildman–Crippen MR) is 141 cm³/mol. The van der Waals surface area contributed by atoms with Gasteiger partial charge in [-0.05, 0) is 79.0 Å². The molecule has 3 fully saturated rings. The number of nitrogens with zero attached hydrogens (tertiary/aromatic N) is 1. The van der Waals surface area contributed by atoms with Gasteiger partial charge in [-0.1, -0.05) is 60.1 Å². The summed E-state index contributed by atoms with van der Waals surface area (Å²) >= 11 is 0. The number of Topliss-reactive ketones (excluding diaryl/α,β-unsaturated/α-hetero) is 1. The molecule has 0 heterocycles. The Kier molecular flexibility index (Phi) is 3.93. The lowest BCUT2D eigenvalue weighted by atomic mass is 9.34. The van der Waals surface area contributed by atoms with E-state index in [-0.39, 0.29) is 42.3 Å². The van der Waals surface area contributed by atoms with Crippen molar-refractivity contribution in [2.24, 2.45) is 50.2 Å². The summed E-state index contributed by atoms with van der Waals surface area (Å²) in [6.07, 6.45) is -0.910. The third-order valence-corrected chi connectivity index (χ3v) is 11.5. The molecule has 5 heteroatoms. The van der Waals surface area contributed by atoms with Crippen molar-refractivity contribution >= 4 is 17.5 Å². The fourth-order valence-corrected chi connectivity index (χ4v) is 9.41. The third-order valence-electron chi connectivity index (χ3n) is 11.5. The number of allylic oxidation sites excluding steroid dienone is 4. The summed E-state index contributed by atoms with van der Waals surface area (Å²) in [5.74, 6) is -3.99. The van der Waals surface area contributed by atoms with Gasteiger partial charge in [-0.3, -0.25) is 14.4 Å². The Labute approximate surface area is 231 Å². The van der Waals surface area contributed by atoms with Crippen LogP contribution in [0.5, 0.6) is 0 Å². The Morgan fingerprint density at radius 1 is 1.11 bits per heavy atom. The second-order valence-corrected chi connectivity index (χ2v) is 14.1. The summed E-state index contributed by atoms with van der Waals surface area (Å²) in [5.41, 5.74) is -5.73. The summed E-state index contributed by atoms with van der Waals surface area (Å²) in [6.45, 7) is 12.9. The first-order valence-corrected chi connectivity index (χ1v) is 13.4. The minimum Gasteiger partial charge on any atom is -0.469 e. The van der Waals surface area contributed by atoms with Gasteiger partial charge >= 0.3 is 5.97 Å². The summed E-state index contributed by atoms with van der Waals surface area (Å²) in [4.78, 5) is 41.8. The van der Waals surface area contributed by atoms with Crippen molar-refractivity contribution in [2.45, 2.75) is 93.3 Å². The molecule has 7 atom stereocenters. The van der Waals surface area contributed by atoms with Crippen molar-refractivity contribution in [1.82, 2.24) is 0 Å². The topological polar surface area (TPSA) is 84.2 Å². The number of carbonyl (C=O) groups is 3. The fraction of sp³-hybridized carbons (Fsp3) is 0.750. The smallest absolute Gasteiger partial charge is 0.312 e. The number of nitriles is 1. The van der Waals surface area contributed by atoms with Gasteiger partial charge in [0, 0.05) is 22.2 Å². The number of esters is 1. The number of hydrogen-bond donors (Lipinski definition) is 0. The zero-order valence-corrected chi connectivity index (χ0v) is 23.0. The van der Waals surface area contributed by atoms with Crippen molar-refractivity contribution in [3.8, 4) is 6.07 Å². The number of rotatable bonds is 1. The highest BCUT2D eigenvalue weighted by atomic mass is 16.5. The number of ketones is 2. The fourth-order valence-electron chi connectivity index (χ4n) is 9.41. The van der Waals surface area contributed by atoms with Gasteiger partial charge in [0.1, 0.15) is 6.07 Å². The number of hydrogen-bond acceptors (Lipinski definition) is 5. The zero-order chi connectivity index (χ0) is 33.5. The highest BCUT2D eigenvalue weighted by Gasteiger charge is 2.71. The van der Waals surface area contributed by atoms with Crippen LogP contribution in [0, 0.1) is 61.6 Å². The van der Waals surface area contributed by atoms with Crippen LogP contribution in [0.4, 0.5) is 0 Å². The van der Waals surface area contributed by atoms with Crippen molar-refractivity contribution in [3.05, 3.63) is 23.3 Å². The Morgan fingerprint density at radius 3 is 2.46 bits per heavy atom. The molecule has 3 saturated carbocycles. The van der Waals surface area contributed by atoms with Crippen molar-refractivity contribution < 1.29 is 28.7 Å². The molecule has 37 heavy (non-hydrogen) atoms. The van der Waals surface area contributed by atoms with Gasteiger partial charge < -0.3 is 4.74 Å². The van der Waals surface area contributed by atoms with Crippen LogP contribution in [0.2, 0.25) is 0 Å². The van der Waals surface area contributed by atoms with Gasteiger partial charge in [-0.25, -0.2) is 0 Å². The molecule has 5 nitrogen and oxygen atoms in total. The first-order chi connectivity index (χ1) is 19.7. The maximum absolute atomic E-state index is 14.6. The van der Waals surface area contributed by atoms with Crippen molar-refractivity contribution in [2.75, 3.05) is 7.04 Å². The van der Waals surface area contributed by atoms with E-state index in [1.165, 1.54) is 0 Å². The summed E-state index contributed by atoms with van der Waals surface area (Å²) in [7, 11) is -3.18. The molecule has 0 bridgehead atoms. The minimum atomic E-state index is -3.18. The third kappa shape index (κ3) is 3.11. The standard InChI is InChI=1S/C32H43NO4/c1-27(2)11-13-32(26(36)37-8)14-12-31(7)24(20(32)17-27)21(34)15-23-29(5)16-19(18-33)25(35)28(3,4)22(29)9-10-30(23,31)6/h15-16,20,22,24H,9-14,17H2,1-8H3/t20-,22-,24-,29-,30+,31+,32-/m0/s1/i8D3,11D2,13D2. The monoisotopic (exact) mass is 512 g/mol. The average Bonchev–Trinajstić information content (AvgIpc) is 2.85. The van der Waals surface area contributed by atoms with Gasteiger partial charge in [0.2, 0.25) is 0 Å². The molecular formula is C32H43NO4. The maximum Gasteiger partial charge on any atom is 0.312 e. The largest absolute Gasteiger partial charge is 0.469 e. The molecule has 5 aliphatic carbocycles. The molecule has 0 spiro atoms. The van der Waals surface area contributed by atoms with E-state index >= 15 is 0 Å². The molecule has 0 radical (unpaired) electrons. The normalized spacial score (nSPS) is 51.5. The van der Waals surface area contributed by atoms with Gasteiger partial charge in [-0.2, -0.15) is 5.26 Å². The first-order valence-electron chi connectivity index (χ1n) is 16.9. The van der Waals surface area contributed by atoms with Crippen LogP contribution in [0.25, 0.3) is 0 Å². The molecular weight excluding hydrogens is 462 g/mol. The van der Waals surface area contributed by atoms with E-state index in [2.05, 4.69) is 13.0 Å². The van der Waals surface area contributed by atoms with Gasteiger partial charge in [0.05, 0.1) is 22.1 Å². The first kappa shape index (κ1) is 18.9. The van der Waals surface area contributed by atoms with Crippen LogP contribution in [0.1, 0.15) is 103 Å². The lowest BCUT2D eigenvalue weighted by molar-refractivity contribution is -0.191. The molecule has 0 unspecified atom stereocenters. The average molecular weight is 513 g/mol. The van der Waals surface area contributed by atoms with E-state index < -0.39 is 70.1 Å². The lowest BCUT2D eigenvalue weighted by Gasteiger charge is -2.68. The van der Waals surface area contributed by atoms with E-state index in [0.29, 0.717) is 12.8 Å². The van der Waals surface area contributed by atoms with Crippen LogP contribution < -0.4 is 0 Å². The highest BCUT2D eigenvalue weighted by Crippen LogP contribution is 2.74. The lowest BCUT2D eigenvalue weighted by Crippen LogP contribution is -2.65. The predicted octanol–water partition coefficient (Wildman–Crippen LogP) is 6.38. The summed E-state index contributed by atoms with van der Waals surface area (Å²) < 4.78 is 64.1. The van der Waals surface area contributed by atoms with E-state index in [0.717, 1.165) is 5.57 Å². The zero-order valence-electron chi connectivity index (χ0n) is 30.0. The van der Waals surface area contributed by atoms with Gasteiger partial charge in [0.25, 0.3) is 0 Å². The minimum absolute atomic E-state index is 0.0270. The van der Waals surface area contributed by atoms with E-state index in [1.807, 2.05) is 27.7 Å². The van der Waals surface area contributed by atoms with E-state index in [9.17, 15) is 22.4 Å². The Balaban J connectivity index is 1.76.